The highest BCUT2D eigenvalue weighted by Crippen LogP contribution is 2.48. The normalized spacial score (nSPS) is 23.6. The van der Waals surface area contributed by atoms with Crippen molar-refractivity contribution in [2.75, 3.05) is 6.54 Å². The van der Waals surface area contributed by atoms with Crippen molar-refractivity contribution >= 4 is 38.6 Å². The summed E-state index contributed by atoms with van der Waals surface area (Å²) in [5.74, 6) is -1.63. The van der Waals surface area contributed by atoms with Crippen molar-refractivity contribution in [3.05, 3.63) is 103 Å². The minimum Gasteiger partial charge on any atom is -0.472 e. The second kappa shape index (κ2) is 13.9. The molecule has 0 radical (unpaired) electrons. The molecule has 1 aromatic heterocycles. The molecule has 3 fully saturated rings. The van der Waals surface area contributed by atoms with Crippen LogP contribution in [-0.2, 0) is 30.8 Å². The van der Waals surface area contributed by atoms with Crippen LogP contribution in [0.2, 0.25) is 0 Å². The average molecular weight is 751 g/mol. The molecule has 3 amide bonds. The van der Waals surface area contributed by atoms with Gasteiger partial charge in [0.25, 0.3) is 5.91 Å². The van der Waals surface area contributed by atoms with Crippen molar-refractivity contribution < 1.29 is 27.5 Å². The number of amides is 3. The third-order valence-electron chi connectivity index (χ3n) is 11.0. The van der Waals surface area contributed by atoms with Crippen LogP contribution in [0.1, 0.15) is 52.0 Å². The molecule has 4 aromatic rings. The molecule has 282 valence electrons. The molecule has 54 heavy (non-hydrogen) atoms. The van der Waals surface area contributed by atoms with Crippen LogP contribution in [-0.4, -0.2) is 76.0 Å². The van der Waals surface area contributed by atoms with E-state index in [9.17, 15) is 22.8 Å². The SMILES string of the molecule is C=CC1CC1(NC(=O)[C@@H]1CC(Oc2nc(-c3ccccc3)nc3ccccc23)CN1C(=O)[C@@H](N)C(C)(C)C)C(=O)NS(=O)(=O)C1(Cc2ccccc2)CC1. The number of aromatic nitrogens is 2. The molecule has 13 heteroatoms. The zero-order valence-electron chi connectivity index (χ0n) is 30.7. The smallest absolute Gasteiger partial charge is 0.259 e. The Morgan fingerprint density at radius 1 is 1.00 bits per heavy atom. The molecule has 4 N–H and O–H groups in total. The van der Waals surface area contributed by atoms with Gasteiger partial charge in [0.2, 0.25) is 27.7 Å². The van der Waals surface area contributed by atoms with E-state index in [4.69, 9.17) is 20.4 Å². The molecule has 1 saturated heterocycles. The number of sulfonamides is 1. The number of carbonyl (C=O) groups is 3. The lowest BCUT2D eigenvalue weighted by molar-refractivity contribution is -0.142. The topological polar surface area (TPSA) is 174 Å². The van der Waals surface area contributed by atoms with Crippen LogP contribution in [0.3, 0.4) is 0 Å². The van der Waals surface area contributed by atoms with Gasteiger partial charge < -0.3 is 20.7 Å². The number of carbonyl (C=O) groups excluding carboxylic acids is 3. The Morgan fingerprint density at radius 3 is 2.28 bits per heavy atom. The Kier molecular flexibility index (Phi) is 9.59. The fourth-order valence-electron chi connectivity index (χ4n) is 7.24. The van der Waals surface area contributed by atoms with Gasteiger partial charge in [0.15, 0.2) is 5.82 Å². The number of para-hydroxylation sites is 1. The molecule has 5 atom stereocenters. The molecule has 1 aliphatic heterocycles. The van der Waals surface area contributed by atoms with Gasteiger partial charge in [0, 0.05) is 17.9 Å². The molecular formula is C41H46N6O6S. The first-order chi connectivity index (χ1) is 25.7. The summed E-state index contributed by atoms with van der Waals surface area (Å²) in [6.07, 6.45) is 2.19. The van der Waals surface area contributed by atoms with Crippen molar-refractivity contribution in [3.8, 4) is 17.3 Å². The van der Waals surface area contributed by atoms with Gasteiger partial charge in [-0.05, 0) is 48.8 Å². The molecule has 7 rings (SSSR count). The zero-order valence-corrected chi connectivity index (χ0v) is 31.5. The Morgan fingerprint density at radius 2 is 1.65 bits per heavy atom. The van der Waals surface area contributed by atoms with E-state index in [1.54, 1.807) is 0 Å². The van der Waals surface area contributed by atoms with E-state index in [-0.39, 0.29) is 25.8 Å². The fourth-order valence-corrected chi connectivity index (χ4v) is 8.88. The molecule has 0 spiro atoms. The second-order valence-corrected chi connectivity index (χ2v) is 17.9. The summed E-state index contributed by atoms with van der Waals surface area (Å²) in [5.41, 5.74) is 6.61. The largest absolute Gasteiger partial charge is 0.472 e. The van der Waals surface area contributed by atoms with Crippen LogP contribution in [0.25, 0.3) is 22.3 Å². The Labute approximate surface area is 315 Å². The van der Waals surface area contributed by atoms with Crippen molar-refractivity contribution in [2.45, 2.75) is 81.3 Å². The third kappa shape index (κ3) is 7.09. The maximum absolute atomic E-state index is 14.3. The number of hydrogen-bond acceptors (Lipinski definition) is 9. The highest BCUT2D eigenvalue weighted by molar-refractivity contribution is 7.91. The number of nitrogens with one attached hydrogen (secondary N) is 2. The molecule has 2 saturated carbocycles. The molecule has 12 nitrogen and oxygen atoms in total. The average Bonchev–Trinajstić information content (AvgIpc) is 4.06. The van der Waals surface area contributed by atoms with Crippen LogP contribution in [0, 0.1) is 11.3 Å². The van der Waals surface area contributed by atoms with Gasteiger partial charge in [-0.25, -0.2) is 13.4 Å². The Bertz CT molecular complexity index is 2210. The van der Waals surface area contributed by atoms with Crippen molar-refractivity contribution in [1.82, 2.24) is 24.9 Å². The fraction of sp³-hybridized carbons (Fsp3) is 0.390. The van der Waals surface area contributed by atoms with Gasteiger partial charge in [0.1, 0.15) is 17.7 Å². The monoisotopic (exact) mass is 750 g/mol. The van der Waals surface area contributed by atoms with E-state index in [1.165, 1.54) is 11.0 Å². The molecule has 3 aromatic carbocycles. The van der Waals surface area contributed by atoms with Crippen LogP contribution < -0.4 is 20.5 Å². The van der Waals surface area contributed by atoms with Crippen molar-refractivity contribution in [3.63, 3.8) is 0 Å². The summed E-state index contributed by atoms with van der Waals surface area (Å²) in [7, 11) is -4.11. The standard InChI is InChI=1S/C41H46N6O6S/c1-5-28-24-41(28,38(50)46-54(51,52)40(20-21-40)23-26-14-8-6-9-15-26)45-35(48)32-22-29(25-47(32)37(49)33(42)39(2,3)4)53-36-30-18-12-13-19-31(30)43-34(44-36)27-16-10-7-11-17-27/h5-19,28-29,32-33H,1,20-25,42H2,2-4H3,(H,45,48)(H,46,50)/t28?,29?,32-,33+,41?/m0/s1. The van der Waals surface area contributed by atoms with Crippen LogP contribution in [0.5, 0.6) is 5.88 Å². The summed E-state index contributed by atoms with van der Waals surface area (Å²) >= 11 is 0. The highest BCUT2D eigenvalue weighted by atomic mass is 32.2. The molecular weight excluding hydrogens is 705 g/mol. The van der Waals surface area contributed by atoms with Crippen LogP contribution in [0.4, 0.5) is 0 Å². The first-order valence-electron chi connectivity index (χ1n) is 18.3. The number of benzene rings is 3. The third-order valence-corrected chi connectivity index (χ3v) is 13.1. The predicted octanol–water partition coefficient (Wildman–Crippen LogP) is 4.30. The first-order valence-corrected chi connectivity index (χ1v) is 19.7. The summed E-state index contributed by atoms with van der Waals surface area (Å²) in [5, 5.41) is 3.52. The maximum atomic E-state index is 14.3. The van der Waals surface area contributed by atoms with Gasteiger partial charge in [-0.15, -0.1) is 6.58 Å². The van der Waals surface area contributed by atoms with E-state index >= 15 is 0 Å². The second-order valence-electron chi connectivity index (χ2n) is 15.8. The van der Waals surface area contributed by atoms with E-state index in [2.05, 4.69) is 16.6 Å². The number of likely N-dealkylation sites (tertiary alicyclic amines) is 1. The molecule has 3 unspecified atom stereocenters. The van der Waals surface area contributed by atoms with Gasteiger partial charge in [-0.3, -0.25) is 19.1 Å². The first kappa shape index (κ1) is 37.2. The van der Waals surface area contributed by atoms with Crippen molar-refractivity contribution in [2.24, 2.45) is 17.1 Å². The lowest BCUT2D eigenvalue weighted by atomic mass is 9.86. The van der Waals surface area contributed by atoms with Crippen LogP contribution in [0.15, 0.2) is 97.6 Å². The minimum atomic E-state index is -4.11. The summed E-state index contributed by atoms with van der Waals surface area (Å²) in [6.45, 7) is 9.39. The van der Waals surface area contributed by atoms with Gasteiger partial charge in [-0.1, -0.05) is 99.6 Å². The Hall–Kier alpha value is -5.14. The van der Waals surface area contributed by atoms with Gasteiger partial charge >= 0.3 is 0 Å². The number of nitrogens with zero attached hydrogens (tertiary/aromatic N) is 3. The van der Waals surface area contributed by atoms with Gasteiger partial charge in [0.05, 0.1) is 28.2 Å². The predicted molar refractivity (Wildman–Crippen MR) is 205 cm³/mol. The van der Waals surface area contributed by atoms with E-state index in [1.807, 2.05) is 106 Å². The van der Waals surface area contributed by atoms with Gasteiger partial charge in [-0.2, -0.15) is 4.98 Å². The summed E-state index contributed by atoms with van der Waals surface area (Å²) < 4.78 is 35.2. The molecule has 2 heterocycles. The van der Waals surface area contributed by atoms with Crippen molar-refractivity contribution in [1.29, 1.82) is 0 Å². The minimum absolute atomic E-state index is 0.0279. The molecule has 2 aliphatic carbocycles. The lowest BCUT2D eigenvalue weighted by Gasteiger charge is -2.33. The van der Waals surface area contributed by atoms with E-state index in [0.29, 0.717) is 35.4 Å². The van der Waals surface area contributed by atoms with E-state index in [0.717, 1.165) is 11.1 Å². The summed E-state index contributed by atoms with van der Waals surface area (Å²) in [6, 6.07) is 24.2. The number of nitrogens with two attached hydrogens (primary N) is 1. The lowest BCUT2D eigenvalue weighted by Crippen LogP contribution is -2.59. The maximum Gasteiger partial charge on any atom is 0.259 e. The van der Waals surface area contributed by atoms with E-state index < -0.39 is 67.6 Å². The molecule has 0 bridgehead atoms. The quantitative estimate of drug-likeness (QED) is 0.179. The number of fused-ring (bicyclic) bond motifs is 1. The summed E-state index contributed by atoms with van der Waals surface area (Å²) in [4.78, 5) is 53.2. The van der Waals surface area contributed by atoms with Crippen LogP contribution >= 0.6 is 0 Å². The zero-order chi connectivity index (χ0) is 38.5. The Balaban J connectivity index is 1.14. The number of hydrogen-bond donors (Lipinski definition) is 3. The number of ether oxygens (including phenoxy) is 1. The molecule has 3 aliphatic rings. The highest BCUT2D eigenvalue weighted by Gasteiger charge is 2.63. The number of rotatable bonds is 12.